The maximum atomic E-state index is 10.1. The lowest BCUT2D eigenvalue weighted by molar-refractivity contribution is -0.292. The third kappa shape index (κ3) is 3.91. The summed E-state index contributed by atoms with van der Waals surface area (Å²) in [6.45, 7) is -0.647. The number of nitrogens with zero attached hydrogens (tertiary/aromatic N) is 3. The summed E-state index contributed by atoms with van der Waals surface area (Å²) in [7, 11) is 1.28. The first kappa shape index (κ1) is 21.4. The topological polar surface area (TPSA) is 200 Å². The predicted octanol–water partition coefficient (Wildman–Crippen LogP) is -4.75. The van der Waals surface area contributed by atoms with Gasteiger partial charge in [0.1, 0.15) is 60.6 Å². The Morgan fingerprint density at radius 1 is 0.929 bits per heavy atom. The fourth-order valence-electron chi connectivity index (χ4n) is 3.33. The van der Waals surface area contributed by atoms with Gasteiger partial charge < -0.3 is 50.0 Å². The molecule has 7 N–H and O–H groups in total. The molecule has 0 aromatic carbocycles. The van der Waals surface area contributed by atoms with Gasteiger partial charge in [0.05, 0.1) is 19.3 Å². The molecule has 28 heavy (non-hydrogen) atoms. The van der Waals surface area contributed by atoms with Crippen LogP contribution in [0.15, 0.2) is 6.20 Å². The molecule has 0 aliphatic carbocycles. The molecule has 13 nitrogen and oxygen atoms in total. The number of hydrogen-bond acceptors (Lipinski definition) is 12. The minimum absolute atomic E-state index is 0.0742. The number of rotatable bonds is 5. The van der Waals surface area contributed by atoms with Crippen molar-refractivity contribution >= 4 is 0 Å². The molecule has 10 atom stereocenters. The first-order valence-corrected chi connectivity index (χ1v) is 8.71. The van der Waals surface area contributed by atoms with Gasteiger partial charge in [-0.05, 0) is 0 Å². The van der Waals surface area contributed by atoms with Crippen LogP contribution in [0, 0.1) is 0 Å². The van der Waals surface area contributed by atoms with Crippen LogP contribution in [-0.2, 0) is 20.8 Å². The zero-order valence-electron chi connectivity index (χ0n) is 15.0. The Kier molecular flexibility index (Phi) is 6.61. The van der Waals surface area contributed by atoms with Gasteiger partial charge in [0.15, 0.2) is 6.29 Å². The fourth-order valence-corrected chi connectivity index (χ4v) is 3.33. The Bertz CT molecular complexity index is 643. The molecular formula is C15H25N3O10. The van der Waals surface area contributed by atoms with Crippen molar-refractivity contribution in [2.24, 2.45) is 0 Å². The standard InChI is InChI=1S/C15H25N3O10/c1-26-15-13(25)11(23)8(20)6(28-15)3-18-2-5(16-17-18)14-12(24)10(22)9(21)7(4-19)27-14/h2,6-15,19-25H,3-4H2,1H3/t6-,7-,8-,9+,10+,11+,12-,13-,14+,15+/m1/s1. The highest BCUT2D eigenvalue weighted by molar-refractivity contribution is 5.06. The molecule has 3 rings (SSSR count). The molecule has 2 saturated heterocycles. The lowest BCUT2D eigenvalue weighted by atomic mass is 9.94. The normalized spacial score (nSPS) is 44.6. The zero-order valence-corrected chi connectivity index (χ0v) is 15.0. The van der Waals surface area contributed by atoms with Gasteiger partial charge in [-0.2, -0.15) is 0 Å². The van der Waals surface area contributed by atoms with E-state index in [2.05, 4.69) is 10.3 Å². The van der Waals surface area contributed by atoms with Crippen molar-refractivity contribution in [3.63, 3.8) is 0 Å². The number of aromatic nitrogens is 3. The quantitative estimate of drug-likeness (QED) is 0.246. The second kappa shape index (κ2) is 8.62. The van der Waals surface area contributed by atoms with Crippen LogP contribution in [0.2, 0.25) is 0 Å². The summed E-state index contributed by atoms with van der Waals surface area (Å²) in [4.78, 5) is 0. The third-order valence-corrected chi connectivity index (χ3v) is 5.01. The molecule has 1 aromatic rings. The Balaban J connectivity index is 1.72. The van der Waals surface area contributed by atoms with Gasteiger partial charge >= 0.3 is 0 Å². The van der Waals surface area contributed by atoms with Crippen molar-refractivity contribution in [3.8, 4) is 0 Å². The summed E-state index contributed by atoms with van der Waals surface area (Å²) in [5.74, 6) is 0. The van der Waals surface area contributed by atoms with E-state index >= 15 is 0 Å². The minimum Gasteiger partial charge on any atom is -0.394 e. The van der Waals surface area contributed by atoms with Crippen LogP contribution in [-0.4, -0.2) is 120 Å². The highest BCUT2D eigenvalue weighted by Crippen LogP contribution is 2.31. The van der Waals surface area contributed by atoms with Crippen LogP contribution in [0.1, 0.15) is 11.8 Å². The van der Waals surface area contributed by atoms with E-state index in [1.54, 1.807) is 0 Å². The lowest BCUT2D eigenvalue weighted by Gasteiger charge is -2.39. The summed E-state index contributed by atoms with van der Waals surface area (Å²) in [5, 5.41) is 76.6. The first-order valence-electron chi connectivity index (χ1n) is 8.71. The summed E-state index contributed by atoms with van der Waals surface area (Å²) in [6, 6.07) is 0. The Hall–Kier alpha value is -1.26. The van der Waals surface area contributed by atoms with E-state index < -0.39 is 67.8 Å². The molecule has 13 heteroatoms. The van der Waals surface area contributed by atoms with Gasteiger partial charge in [-0.1, -0.05) is 5.21 Å². The molecule has 2 fully saturated rings. The molecule has 0 saturated carbocycles. The van der Waals surface area contributed by atoms with Crippen LogP contribution in [0.3, 0.4) is 0 Å². The van der Waals surface area contributed by atoms with E-state index in [-0.39, 0.29) is 12.2 Å². The largest absolute Gasteiger partial charge is 0.394 e. The fraction of sp³-hybridized carbons (Fsp3) is 0.867. The van der Waals surface area contributed by atoms with Crippen LogP contribution in [0.5, 0.6) is 0 Å². The lowest BCUT2D eigenvalue weighted by Crippen LogP contribution is -2.58. The summed E-state index contributed by atoms with van der Waals surface area (Å²) < 4.78 is 17.0. The summed E-state index contributed by atoms with van der Waals surface area (Å²) >= 11 is 0. The van der Waals surface area contributed by atoms with Crippen molar-refractivity contribution in [3.05, 3.63) is 11.9 Å². The van der Waals surface area contributed by atoms with Crippen molar-refractivity contribution in [2.75, 3.05) is 13.7 Å². The molecule has 0 amide bonds. The van der Waals surface area contributed by atoms with E-state index in [1.165, 1.54) is 18.0 Å². The Morgan fingerprint density at radius 3 is 2.21 bits per heavy atom. The van der Waals surface area contributed by atoms with Crippen molar-refractivity contribution < 1.29 is 50.0 Å². The summed E-state index contributed by atoms with van der Waals surface area (Å²) in [5.41, 5.74) is 0.117. The van der Waals surface area contributed by atoms with E-state index in [0.717, 1.165) is 0 Å². The van der Waals surface area contributed by atoms with Gasteiger partial charge in [0.2, 0.25) is 0 Å². The Morgan fingerprint density at radius 2 is 1.57 bits per heavy atom. The molecule has 1 aromatic heterocycles. The van der Waals surface area contributed by atoms with Crippen LogP contribution >= 0.6 is 0 Å². The van der Waals surface area contributed by atoms with Gasteiger partial charge in [-0.3, -0.25) is 0 Å². The monoisotopic (exact) mass is 407 g/mol. The molecule has 0 radical (unpaired) electrons. The smallest absolute Gasteiger partial charge is 0.186 e. The molecule has 0 bridgehead atoms. The van der Waals surface area contributed by atoms with Crippen molar-refractivity contribution in [2.45, 2.75) is 67.8 Å². The van der Waals surface area contributed by atoms with Crippen LogP contribution in [0.25, 0.3) is 0 Å². The average molecular weight is 407 g/mol. The second-order valence-electron chi connectivity index (χ2n) is 6.87. The van der Waals surface area contributed by atoms with Gasteiger partial charge in [-0.15, -0.1) is 5.10 Å². The number of ether oxygens (including phenoxy) is 3. The average Bonchev–Trinajstić information content (AvgIpc) is 3.15. The number of aliphatic hydroxyl groups excluding tert-OH is 7. The molecule has 2 aliphatic heterocycles. The first-order chi connectivity index (χ1) is 13.3. The molecular weight excluding hydrogens is 382 g/mol. The van der Waals surface area contributed by atoms with E-state index in [1.807, 2.05) is 0 Å². The van der Waals surface area contributed by atoms with Gasteiger partial charge in [-0.25, -0.2) is 4.68 Å². The van der Waals surface area contributed by atoms with Crippen LogP contribution < -0.4 is 0 Å². The molecule has 3 heterocycles. The molecule has 0 unspecified atom stereocenters. The highest BCUT2D eigenvalue weighted by atomic mass is 16.7. The highest BCUT2D eigenvalue weighted by Gasteiger charge is 2.46. The second-order valence-corrected chi connectivity index (χ2v) is 6.87. The number of methoxy groups -OCH3 is 1. The maximum absolute atomic E-state index is 10.1. The van der Waals surface area contributed by atoms with Crippen molar-refractivity contribution in [1.29, 1.82) is 0 Å². The van der Waals surface area contributed by atoms with E-state index in [4.69, 9.17) is 14.2 Å². The van der Waals surface area contributed by atoms with Crippen LogP contribution in [0.4, 0.5) is 0 Å². The Labute approximate surface area is 159 Å². The zero-order chi connectivity index (χ0) is 20.6. The van der Waals surface area contributed by atoms with E-state index in [9.17, 15) is 35.7 Å². The molecule has 2 aliphatic rings. The number of hydrogen-bond donors (Lipinski definition) is 7. The third-order valence-electron chi connectivity index (χ3n) is 5.01. The van der Waals surface area contributed by atoms with E-state index in [0.29, 0.717) is 0 Å². The summed E-state index contributed by atoms with van der Waals surface area (Å²) in [6.07, 6.45) is -11.9. The maximum Gasteiger partial charge on any atom is 0.186 e. The van der Waals surface area contributed by atoms with Gasteiger partial charge in [0, 0.05) is 7.11 Å². The molecule has 0 spiro atoms. The SMILES string of the molecule is CO[C@H]1O[C@H](Cn2cc([C@@H]3O[C@H](CO)[C@H](O)[C@H](O)[C@H]3O)nn2)[C@@H](O)[C@H](O)[C@H]1O. The van der Waals surface area contributed by atoms with Crippen molar-refractivity contribution in [1.82, 2.24) is 15.0 Å². The minimum atomic E-state index is -1.55. The number of aliphatic hydroxyl groups is 7. The van der Waals surface area contributed by atoms with Gasteiger partial charge in [0.25, 0.3) is 0 Å². The predicted molar refractivity (Wildman–Crippen MR) is 86.4 cm³/mol. The molecule has 160 valence electrons.